The van der Waals surface area contributed by atoms with Crippen LogP contribution in [-0.2, 0) is 4.79 Å². The van der Waals surface area contributed by atoms with Gasteiger partial charge in [-0.15, -0.1) is 0 Å². The van der Waals surface area contributed by atoms with Crippen LogP contribution < -0.4 is 5.73 Å². The summed E-state index contributed by atoms with van der Waals surface area (Å²) < 4.78 is 0. The maximum Gasteiger partial charge on any atom is 0.321 e. The first-order chi connectivity index (χ1) is 4.68. The zero-order valence-corrected chi connectivity index (χ0v) is 7.44. The first-order valence-electron chi connectivity index (χ1n) is 3.15. The van der Waals surface area contributed by atoms with Crippen molar-refractivity contribution >= 4 is 17.7 Å². The Balaban J connectivity index is 0. The lowest BCUT2D eigenvalue weighted by Crippen LogP contribution is -2.32. The lowest BCUT2D eigenvalue weighted by Gasteiger charge is -2.00. The van der Waals surface area contributed by atoms with E-state index in [2.05, 4.69) is 0 Å². The van der Waals surface area contributed by atoms with E-state index < -0.39 is 12.0 Å². The molecule has 0 aromatic carbocycles. The SMILES string of the molecule is CC.CSC[C@H](N)C(=O)O. The van der Waals surface area contributed by atoms with Crippen LogP contribution in [-0.4, -0.2) is 29.1 Å². The molecule has 0 amide bonds. The molecule has 0 saturated carbocycles. The van der Waals surface area contributed by atoms with Crippen LogP contribution in [0.15, 0.2) is 0 Å². The molecule has 0 heterocycles. The van der Waals surface area contributed by atoms with Gasteiger partial charge in [-0.25, -0.2) is 0 Å². The predicted octanol–water partition coefficient (Wildman–Crippen LogP) is 0.788. The van der Waals surface area contributed by atoms with E-state index in [4.69, 9.17) is 10.8 Å². The molecule has 62 valence electrons. The van der Waals surface area contributed by atoms with Crippen molar-refractivity contribution in [3.8, 4) is 0 Å². The lowest BCUT2D eigenvalue weighted by molar-refractivity contribution is -0.137. The van der Waals surface area contributed by atoms with E-state index in [0.717, 1.165) is 0 Å². The van der Waals surface area contributed by atoms with Gasteiger partial charge in [0, 0.05) is 5.75 Å². The molecule has 10 heavy (non-hydrogen) atoms. The minimum Gasteiger partial charge on any atom is -0.480 e. The summed E-state index contributed by atoms with van der Waals surface area (Å²) in [5.74, 6) is -0.450. The number of hydrogen-bond acceptors (Lipinski definition) is 3. The Bertz CT molecular complexity index is 87.8. The average Bonchev–Trinajstić information content (AvgIpc) is 1.93. The Morgan fingerprint density at radius 1 is 1.70 bits per heavy atom. The second-order valence-electron chi connectivity index (χ2n) is 1.40. The summed E-state index contributed by atoms with van der Waals surface area (Å²) in [4.78, 5) is 9.95. The number of hydrogen-bond donors (Lipinski definition) is 2. The fraction of sp³-hybridized carbons (Fsp3) is 0.833. The van der Waals surface area contributed by atoms with Gasteiger partial charge >= 0.3 is 5.97 Å². The number of carbonyl (C=O) groups is 1. The first-order valence-corrected chi connectivity index (χ1v) is 4.55. The molecule has 1 atom stereocenters. The standard InChI is InChI=1S/C4H9NO2S.C2H6/c1-8-2-3(5)4(6)7;1-2/h3H,2,5H2,1H3,(H,6,7);1-2H3/t3-;/m0./s1. The molecule has 0 fully saturated rings. The zero-order valence-electron chi connectivity index (χ0n) is 6.63. The first kappa shape index (κ1) is 12.5. The summed E-state index contributed by atoms with van der Waals surface area (Å²) in [6.07, 6.45) is 1.82. The van der Waals surface area contributed by atoms with Gasteiger partial charge in [-0.1, -0.05) is 13.8 Å². The molecule has 0 aromatic rings. The predicted molar refractivity (Wildman–Crippen MR) is 45.3 cm³/mol. The highest BCUT2D eigenvalue weighted by Crippen LogP contribution is 1.93. The molecule has 0 aliphatic heterocycles. The van der Waals surface area contributed by atoms with Crippen molar-refractivity contribution < 1.29 is 9.90 Å². The highest BCUT2D eigenvalue weighted by Gasteiger charge is 2.08. The summed E-state index contributed by atoms with van der Waals surface area (Å²) in [6, 6.07) is -0.704. The lowest BCUT2D eigenvalue weighted by atomic mass is 10.4. The third-order valence-electron chi connectivity index (χ3n) is 0.663. The molecular weight excluding hydrogens is 150 g/mol. The van der Waals surface area contributed by atoms with E-state index in [0.29, 0.717) is 5.75 Å². The number of nitrogens with two attached hydrogens (primary N) is 1. The molecular formula is C6H15NO2S. The van der Waals surface area contributed by atoms with Crippen molar-refractivity contribution in [1.29, 1.82) is 0 Å². The molecule has 0 unspecified atom stereocenters. The number of aliphatic carboxylic acids is 1. The van der Waals surface area contributed by atoms with Crippen LogP contribution in [0.2, 0.25) is 0 Å². The molecule has 0 aliphatic carbocycles. The number of rotatable bonds is 3. The molecule has 4 heteroatoms. The zero-order chi connectivity index (χ0) is 8.57. The van der Waals surface area contributed by atoms with Crippen LogP contribution >= 0.6 is 11.8 Å². The van der Waals surface area contributed by atoms with Crippen molar-refractivity contribution in [1.82, 2.24) is 0 Å². The van der Waals surface area contributed by atoms with Crippen molar-refractivity contribution in [2.45, 2.75) is 19.9 Å². The molecule has 0 aromatic heterocycles. The summed E-state index contributed by atoms with van der Waals surface area (Å²) in [6.45, 7) is 4.00. The second kappa shape index (κ2) is 8.78. The highest BCUT2D eigenvalue weighted by atomic mass is 32.2. The third-order valence-corrected chi connectivity index (χ3v) is 1.36. The van der Waals surface area contributed by atoms with Crippen LogP contribution in [0.25, 0.3) is 0 Å². The quantitative estimate of drug-likeness (QED) is 0.649. The van der Waals surface area contributed by atoms with Gasteiger partial charge in [0.05, 0.1) is 0 Å². The highest BCUT2D eigenvalue weighted by molar-refractivity contribution is 7.98. The van der Waals surface area contributed by atoms with Crippen molar-refractivity contribution in [3.63, 3.8) is 0 Å². The summed E-state index contributed by atoms with van der Waals surface area (Å²) in [7, 11) is 0. The summed E-state index contributed by atoms with van der Waals surface area (Å²) >= 11 is 1.43. The van der Waals surface area contributed by atoms with Crippen molar-refractivity contribution in [2.75, 3.05) is 12.0 Å². The smallest absolute Gasteiger partial charge is 0.321 e. The van der Waals surface area contributed by atoms with Gasteiger partial charge in [0.1, 0.15) is 6.04 Å². The normalized spacial score (nSPS) is 11.2. The Hall–Kier alpha value is -0.220. The van der Waals surface area contributed by atoms with Crippen molar-refractivity contribution in [3.05, 3.63) is 0 Å². The fourth-order valence-electron chi connectivity index (χ4n) is 0.251. The molecule has 0 radical (unpaired) electrons. The molecule has 0 saturated heterocycles. The van der Waals surface area contributed by atoms with Crippen LogP contribution in [0.1, 0.15) is 13.8 Å². The molecule has 3 nitrogen and oxygen atoms in total. The Morgan fingerprint density at radius 3 is 2.20 bits per heavy atom. The van der Waals surface area contributed by atoms with Gasteiger partial charge in [-0.3, -0.25) is 4.79 Å². The topological polar surface area (TPSA) is 63.3 Å². The fourth-order valence-corrected chi connectivity index (χ4v) is 0.753. The second-order valence-corrected chi connectivity index (χ2v) is 2.31. The Kier molecular flexibility index (Phi) is 10.9. The summed E-state index contributed by atoms with van der Waals surface area (Å²) in [5, 5.41) is 8.17. The minimum atomic E-state index is -0.931. The Labute approximate surface area is 66.0 Å². The maximum absolute atomic E-state index is 9.95. The number of carboxylic acids is 1. The third kappa shape index (κ3) is 7.78. The van der Waals surface area contributed by atoms with Crippen LogP contribution in [0, 0.1) is 0 Å². The van der Waals surface area contributed by atoms with Crippen LogP contribution in [0.4, 0.5) is 0 Å². The molecule has 0 aliphatic rings. The minimum absolute atomic E-state index is 0.481. The Morgan fingerprint density at radius 2 is 2.10 bits per heavy atom. The van der Waals surface area contributed by atoms with Gasteiger partial charge in [0.25, 0.3) is 0 Å². The summed E-state index contributed by atoms with van der Waals surface area (Å²) in [5.41, 5.74) is 5.11. The van der Waals surface area contributed by atoms with E-state index >= 15 is 0 Å². The number of thioether (sulfide) groups is 1. The molecule has 0 rings (SSSR count). The average molecular weight is 165 g/mol. The van der Waals surface area contributed by atoms with E-state index in [-0.39, 0.29) is 0 Å². The van der Waals surface area contributed by atoms with E-state index in [1.165, 1.54) is 11.8 Å². The largest absolute Gasteiger partial charge is 0.480 e. The van der Waals surface area contributed by atoms with Crippen LogP contribution in [0.5, 0.6) is 0 Å². The monoisotopic (exact) mass is 165 g/mol. The van der Waals surface area contributed by atoms with E-state index in [9.17, 15) is 4.79 Å². The van der Waals surface area contributed by atoms with Gasteiger partial charge in [0.15, 0.2) is 0 Å². The van der Waals surface area contributed by atoms with Crippen molar-refractivity contribution in [2.24, 2.45) is 5.73 Å². The van der Waals surface area contributed by atoms with E-state index in [1.54, 1.807) is 0 Å². The van der Waals surface area contributed by atoms with Gasteiger partial charge in [-0.2, -0.15) is 11.8 Å². The maximum atomic E-state index is 9.95. The molecule has 0 spiro atoms. The number of carboxylic acid groups (broad SMARTS) is 1. The molecule has 0 bridgehead atoms. The van der Waals surface area contributed by atoms with E-state index in [1.807, 2.05) is 20.1 Å². The van der Waals surface area contributed by atoms with Gasteiger partial charge < -0.3 is 10.8 Å². The van der Waals surface area contributed by atoms with Crippen LogP contribution in [0.3, 0.4) is 0 Å². The van der Waals surface area contributed by atoms with Gasteiger partial charge in [-0.05, 0) is 6.26 Å². The molecule has 3 N–H and O–H groups in total. The van der Waals surface area contributed by atoms with Gasteiger partial charge in [0.2, 0.25) is 0 Å².